The fourth-order valence-electron chi connectivity index (χ4n) is 1.48. The van der Waals surface area contributed by atoms with Gasteiger partial charge in [-0.2, -0.15) is 0 Å². The van der Waals surface area contributed by atoms with Crippen molar-refractivity contribution in [3.8, 4) is 5.75 Å². The molecule has 0 heterocycles. The molecule has 1 aromatic carbocycles. The van der Waals surface area contributed by atoms with Gasteiger partial charge in [-0.1, -0.05) is 12.1 Å². The Hall–Kier alpha value is -1.35. The van der Waals surface area contributed by atoms with Crippen molar-refractivity contribution in [2.75, 3.05) is 13.7 Å². The van der Waals surface area contributed by atoms with E-state index in [4.69, 9.17) is 4.74 Å². The predicted octanol–water partition coefficient (Wildman–Crippen LogP) is 1.62. The lowest BCUT2D eigenvalue weighted by Gasteiger charge is -2.12. The van der Waals surface area contributed by atoms with Crippen LogP contribution in [0.15, 0.2) is 24.3 Å². The third-order valence-electron chi connectivity index (χ3n) is 2.35. The normalized spacial score (nSPS) is 12.2. The van der Waals surface area contributed by atoms with Crippen LogP contribution in [0.1, 0.15) is 12.5 Å². The number of benzene rings is 1. The summed E-state index contributed by atoms with van der Waals surface area (Å²) in [6.07, 6.45) is 0.886. The van der Waals surface area contributed by atoms with E-state index in [1.807, 2.05) is 31.2 Å². The van der Waals surface area contributed by atoms with E-state index in [0.29, 0.717) is 6.54 Å². The lowest BCUT2D eigenvalue weighted by molar-refractivity contribution is -0.114. The molecule has 3 nitrogen and oxygen atoms in total. The van der Waals surface area contributed by atoms with Crippen molar-refractivity contribution in [2.45, 2.75) is 19.4 Å². The maximum absolute atomic E-state index is 10.7. The number of hydrogen-bond donors (Lipinski definition) is 1. The molecule has 1 N–H and O–H groups in total. The van der Waals surface area contributed by atoms with Gasteiger partial charge in [0.25, 0.3) is 0 Å². The first-order valence-electron chi connectivity index (χ1n) is 5.33. The number of carbonyl (C=O) groups is 1. The number of methoxy groups -OCH3 is 1. The maximum Gasteiger partial charge on any atom is 0.147 e. The van der Waals surface area contributed by atoms with Gasteiger partial charge in [0, 0.05) is 13.0 Å². The van der Waals surface area contributed by atoms with Crippen LogP contribution in [0, 0.1) is 6.92 Å². The number of carbonyl (C=O) groups excluding carboxylic acids is 1. The van der Waals surface area contributed by atoms with E-state index < -0.39 is 0 Å². The smallest absolute Gasteiger partial charge is 0.147 e. The zero-order valence-electron chi connectivity index (χ0n) is 9.82. The summed E-state index contributed by atoms with van der Waals surface area (Å²) in [5.41, 5.74) is 1.22. The van der Waals surface area contributed by atoms with Crippen LogP contribution in [-0.2, 0) is 11.2 Å². The first-order valence-corrected chi connectivity index (χ1v) is 5.33. The Bertz CT molecular complexity index is 332. The molecule has 1 atom stereocenters. The molecule has 1 rings (SSSR count). The molecule has 3 heteroatoms. The molecule has 0 aliphatic rings. The number of Topliss-reactive ketones (excluding diaryl/α,β-unsaturated/α-hetero) is 1. The zero-order valence-corrected chi connectivity index (χ0v) is 9.82. The molecule has 0 spiro atoms. The van der Waals surface area contributed by atoms with Gasteiger partial charge in [-0.05, 0) is 31.0 Å². The van der Waals surface area contributed by atoms with Gasteiger partial charge in [-0.3, -0.25) is 4.79 Å². The molecule has 0 aliphatic heterocycles. The predicted molar refractivity (Wildman–Crippen MR) is 64.5 cm³/mol. The topological polar surface area (TPSA) is 38.3 Å². The minimum absolute atomic E-state index is 0.0819. The number of hydrogen-bond acceptors (Lipinski definition) is 3. The molecule has 1 radical (unpaired) electrons. The summed E-state index contributed by atoms with van der Waals surface area (Å²) in [7, 11) is 1.65. The van der Waals surface area contributed by atoms with Gasteiger partial charge in [0.05, 0.1) is 13.7 Å². The van der Waals surface area contributed by atoms with E-state index in [1.165, 1.54) is 5.56 Å². The fraction of sp³-hybridized carbons (Fsp3) is 0.385. The molecule has 0 saturated carbocycles. The molecule has 0 amide bonds. The third kappa shape index (κ3) is 4.45. The summed E-state index contributed by atoms with van der Waals surface area (Å²) in [6.45, 7) is 5.70. The summed E-state index contributed by atoms with van der Waals surface area (Å²) in [5, 5.41) is 3.12. The van der Waals surface area contributed by atoms with E-state index in [-0.39, 0.29) is 11.8 Å². The number of ether oxygens (including phenoxy) is 1. The van der Waals surface area contributed by atoms with Crippen LogP contribution < -0.4 is 10.1 Å². The largest absolute Gasteiger partial charge is 0.497 e. The summed E-state index contributed by atoms with van der Waals surface area (Å²) in [5.74, 6) is 0.777. The zero-order chi connectivity index (χ0) is 12.0. The lowest BCUT2D eigenvalue weighted by atomic mass is 10.1. The lowest BCUT2D eigenvalue weighted by Crippen LogP contribution is -2.32. The summed E-state index contributed by atoms with van der Waals surface area (Å²) in [4.78, 5) is 10.7. The van der Waals surface area contributed by atoms with Crippen LogP contribution >= 0.6 is 0 Å². The van der Waals surface area contributed by atoms with Crippen molar-refractivity contribution >= 4 is 5.78 Å². The van der Waals surface area contributed by atoms with Crippen molar-refractivity contribution in [1.29, 1.82) is 0 Å². The molecule has 0 saturated heterocycles. The van der Waals surface area contributed by atoms with Crippen LogP contribution in [-0.4, -0.2) is 25.5 Å². The quantitative estimate of drug-likeness (QED) is 0.791. The molecule has 1 aromatic rings. The van der Waals surface area contributed by atoms with Gasteiger partial charge in [0.15, 0.2) is 0 Å². The Labute approximate surface area is 96.8 Å². The first kappa shape index (κ1) is 12.7. The van der Waals surface area contributed by atoms with Crippen LogP contribution in [0.25, 0.3) is 0 Å². The van der Waals surface area contributed by atoms with E-state index in [0.717, 1.165) is 12.2 Å². The highest BCUT2D eigenvalue weighted by atomic mass is 16.5. The Morgan fingerprint density at radius 1 is 1.44 bits per heavy atom. The second kappa shape index (κ2) is 6.28. The standard InChI is InChI=1S/C13H18NO2/c1-10(14-9-11(2)15)8-12-4-6-13(16-3)7-5-12/h4-7,10,14H,2,8-9H2,1,3H3. The highest BCUT2D eigenvalue weighted by Crippen LogP contribution is 2.12. The number of ketones is 1. The van der Waals surface area contributed by atoms with Crippen LogP contribution in [0.4, 0.5) is 0 Å². The van der Waals surface area contributed by atoms with Crippen LogP contribution in [0.2, 0.25) is 0 Å². The molecule has 0 aliphatic carbocycles. The van der Waals surface area contributed by atoms with E-state index in [1.54, 1.807) is 7.11 Å². The molecule has 1 unspecified atom stereocenters. The van der Waals surface area contributed by atoms with Gasteiger partial charge in [0.1, 0.15) is 11.5 Å². The van der Waals surface area contributed by atoms with E-state index in [9.17, 15) is 4.79 Å². The summed E-state index contributed by atoms with van der Waals surface area (Å²) < 4.78 is 5.08. The molecule has 87 valence electrons. The molecule has 0 aromatic heterocycles. The Morgan fingerprint density at radius 2 is 2.06 bits per heavy atom. The van der Waals surface area contributed by atoms with Crippen molar-refractivity contribution < 1.29 is 9.53 Å². The maximum atomic E-state index is 10.7. The Morgan fingerprint density at radius 3 is 2.56 bits per heavy atom. The minimum atomic E-state index is -0.0819. The average Bonchev–Trinajstić information content (AvgIpc) is 2.27. The molecule has 0 bridgehead atoms. The monoisotopic (exact) mass is 220 g/mol. The van der Waals surface area contributed by atoms with Gasteiger partial charge >= 0.3 is 0 Å². The van der Waals surface area contributed by atoms with Gasteiger partial charge in [-0.15, -0.1) is 0 Å². The van der Waals surface area contributed by atoms with Crippen molar-refractivity contribution in [3.63, 3.8) is 0 Å². The second-order valence-corrected chi connectivity index (χ2v) is 3.87. The SMILES string of the molecule is [CH2]C(=O)CNC(C)Cc1ccc(OC)cc1. The molecular weight excluding hydrogens is 202 g/mol. The first-order chi connectivity index (χ1) is 7.61. The summed E-state index contributed by atoms with van der Waals surface area (Å²) >= 11 is 0. The average molecular weight is 220 g/mol. The van der Waals surface area contributed by atoms with Gasteiger partial charge < -0.3 is 10.1 Å². The van der Waals surface area contributed by atoms with E-state index >= 15 is 0 Å². The highest BCUT2D eigenvalue weighted by Gasteiger charge is 2.04. The summed E-state index contributed by atoms with van der Waals surface area (Å²) in [6, 6.07) is 8.20. The van der Waals surface area contributed by atoms with Gasteiger partial charge in [0.2, 0.25) is 0 Å². The van der Waals surface area contributed by atoms with Crippen LogP contribution in [0.5, 0.6) is 5.75 Å². The van der Waals surface area contributed by atoms with Gasteiger partial charge in [-0.25, -0.2) is 0 Å². The van der Waals surface area contributed by atoms with Crippen molar-refractivity contribution in [1.82, 2.24) is 5.32 Å². The van der Waals surface area contributed by atoms with E-state index in [2.05, 4.69) is 12.2 Å². The third-order valence-corrected chi connectivity index (χ3v) is 2.35. The molecule has 16 heavy (non-hydrogen) atoms. The molecular formula is C13H18NO2. The molecule has 0 fully saturated rings. The fourth-order valence-corrected chi connectivity index (χ4v) is 1.48. The Balaban J connectivity index is 2.43. The number of rotatable bonds is 6. The Kier molecular flexibility index (Phi) is 4.99. The minimum Gasteiger partial charge on any atom is -0.497 e. The van der Waals surface area contributed by atoms with Crippen molar-refractivity contribution in [2.24, 2.45) is 0 Å². The number of nitrogens with one attached hydrogen (secondary N) is 1. The van der Waals surface area contributed by atoms with Crippen LogP contribution in [0.3, 0.4) is 0 Å². The van der Waals surface area contributed by atoms with Crippen molar-refractivity contribution in [3.05, 3.63) is 36.8 Å². The highest BCUT2D eigenvalue weighted by molar-refractivity contribution is 5.84. The second-order valence-electron chi connectivity index (χ2n) is 3.87.